The maximum absolute atomic E-state index is 12.7. The summed E-state index contributed by atoms with van der Waals surface area (Å²) < 4.78 is 0. The number of hydrogen-bond acceptors (Lipinski definition) is 2. The highest BCUT2D eigenvalue weighted by atomic mass is 16.2. The molecule has 2 rings (SSSR count). The molecular weight excluding hydrogens is 252 g/mol. The SMILES string of the molecule is CCC1C(=O)NC(C(C)C)C(=O)N1CC1(C(C)C)CC1. The number of nitrogens with one attached hydrogen (secondary N) is 1. The molecular formula is C16H28N2O2. The monoisotopic (exact) mass is 280 g/mol. The fourth-order valence-corrected chi connectivity index (χ4v) is 3.25. The summed E-state index contributed by atoms with van der Waals surface area (Å²) in [6.45, 7) is 11.2. The van der Waals surface area contributed by atoms with Crippen molar-refractivity contribution in [1.82, 2.24) is 10.2 Å². The van der Waals surface area contributed by atoms with Crippen LogP contribution < -0.4 is 5.32 Å². The van der Waals surface area contributed by atoms with Gasteiger partial charge in [0.05, 0.1) is 0 Å². The molecule has 1 N–H and O–H groups in total. The lowest BCUT2D eigenvalue weighted by Gasteiger charge is -2.42. The van der Waals surface area contributed by atoms with E-state index in [4.69, 9.17) is 0 Å². The van der Waals surface area contributed by atoms with Crippen LogP contribution >= 0.6 is 0 Å². The zero-order valence-electron chi connectivity index (χ0n) is 13.4. The van der Waals surface area contributed by atoms with E-state index >= 15 is 0 Å². The van der Waals surface area contributed by atoms with Gasteiger partial charge in [0.2, 0.25) is 11.8 Å². The molecule has 0 aromatic rings. The second-order valence-corrected chi connectivity index (χ2v) is 7.14. The molecule has 2 amide bonds. The van der Waals surface area contributed by atoms with Gasteiger partial charge >= 0.3 is 0 Å². The van der Waals surface area contributed by atoms with Crippen molar-refractivity contribution in [2.24, 2.45) is 17.3 Å². The third-order valence-electron chi connectivity index (χ3n) is 5.18. The Morgan fingerprint density at radius 2 is 1.85 bits per heavy atom. The molecule has 1 aliphatic heterocycles. The van der Waals surface area contributed by atoms with E-state index in [-0.39, 0.29) is 35.2 Å². The van der Waals surface area contributed by atoms with Crippen molar-refractivity contribution < 1.29 is 9.59 Å². The number of hydrogen-bond donors (Lipinski definition) is 1. The predicted molar refractivity (Wildman–Crippen MR) is 79.1 cm³/mol. The second kappa shape index (κ2) is 5.38. The summed E-state index contributed by atoms with van der Waals surface area (Å²) in [7, 11) is 0. The van der Waals surface area contributed by atoms with Crippen molar-refractivity contribution in [2.45, 2.75) is 66.0 Å². The Morgan fingerprint density at radius 1 is 1.25 bits per heavy atom. The largest absolute Gasteiger partial charge is 0.342 e. The van der Waals surface area contributed by atoms with Crippen LogP contribution in [0, 0.1) is 17.3 Å². The molecule has 20 heavy (non-hydrogen) atoms. The average Bonchev–Trinajstić information content (AvgIpc) is 3.14. The standard InChI is InChI=1S/C16H28N2O2/c1-6-12-14(19)17-13(10(2)3)15(20)18(12)9-16(7-8-16)11(4)5/h10-13H,6-9H2,1-5H3,(H,17,19). The fraction of sp³-hybridized carbons (Fsp3) is 0.875. The van der Waals surface area contributed by atoms with Gasteiger partial charge in [0.15, 0.2) is 0 Å². The third kappa shape index (κ3) is 2.57. The number of carbonyl (C=O) groups excluding carboxylic acids is 2. The normalized spacial score (nSPS) is 29.1. The van der Waals surface area contributed by atoms with Crippen LogP contribution in [0.3, 0.4) is 0 Å². The number of piperazine rings is 1. The van der Waals surface area contributed by atoms with Crippen molar-refractivity contribution in [3.05, 3.63) is 0 Å². The molecule has 2 atom stereocenters. The molecule has 4 nitrogen and oxygen atoms in total. The Morgan fingerprint density at radius 3 is 2.25 bits per heavy atom. The molecule has 1 aliphatic carbocycles. The van der Waals surface area contributed by atoms with E-state index in [1.165, 1.54) is 12.8 Å². The van der Waals surface area contributed by atoms with Gasteiger partial charge in [-0.2, -0.15) is 0 Å². The van der Waals surface area contributed by atoms with Gasteiger partial charge < -0.3 is 10.2 Å². The zero-order chi connectivity index (χ0) is 15.1. The first-order valence-electron chi connectivity index (χ1n) is 7.93. The van der Waals surface area contributed by atoms with E-state index in [2.05, 4.69) is 19.2 Å². The first-order chi connectivity index (χ1) is 9.32. The summed E-state index contributed by atoms with van der Waals surface area (Å²) in [5, 5.41) is 2.90. The van der Waals surface area contributed by atoms with Crippen LogP contribution in [0.2, 0.25) is 0 Å². The van der Waals surface area contributed by atoms with Crippen molar-refractivity contribution >= 4 is 11.8 Å². The van der Waals surface area contributed by atoms with Gasteiger partial charge in [0.1, 0.15) is 12.1 Å². The molecule has 2 fully saturated rings. The highest BCUT2D eigenvalue weighted by Crippen LogP contribution is 2.52. The van der Waals surface area contributed by atoms with Gasteiger partial charge in [-0.25, -0.2) is 0 Å². The van der Waals surface area contributed by atoms with E-state index in [1.807, 2.05) is 25.7 Å². The molecule has 4 heteroatoms. The van der Waals surface area contributed by atoms with Crippen LogP contribution in [0.25, 0.3) is 0 Å². The zero-order valence-corrected chi connectivity index (χ0v) is 13.4. The van der Waals surface area contributed by atoms with Gasteiger partial charge in [-0.3, -0.25) is 9.59 Å². The molecule has 1 saturated heterocycles. The number of amides is 2. The lowest BCUT2D eigenvalue weighted by Crippen LogP contribution is -2.65. The first-order valence-corrected chi connectivity index (χ1v) is 7.93. The molecule has 0 radical (unpaired) electrons. The van der Waals surface area contributed by atoms with Gasteiger partial charge in [-0.15, -0.1) is 0 Å². The Kier molecular flexibility index (Phi) is 4.12. The lowest BCUT2D eigenvalue weighted by atomic mass is 9.89. The Labute approximate surface area is 122 Å². The van der Waals surface area contributed by atoms with Gasteiger partial charge in [0.25, 0.3) is 0 Å². The summed E-state index contributed by atoms with van der Waals surface area (Å²) in [5.41, 5.74) is 0.252. The van der Waals surface area contributed by atoms with Crippen molar-refractivity contribution in [3.63, 3.8) is 0 Å². The summed E-state index contributed by atoms with van der Waals surface area (Å²) in [5.74, 6) is 0.833. The Balaban J connectivity index is 2.21. The van der Waals surface area contributed by atoms with E-state index in [9.17, 15) is 9.59 Å². The summed E-state index contributed by atoms with van der Waals surface area (Å²) in [4.78, 5) is 26.9. The van der Waals surface area contributed by atoms with Crippen LogP contribution in [0.5, 0.6) is 0 Å². The molecule has 1 saturated carbocycles. The van der Waals surface area contributed by atoms with Crippen LogP contribution in [-0.2, 0) is 9.59 Å². The highest BCUT2D eigenvalue weighted by molar-refractivity contribution is 5.97. The van der Waals surface area contributed by atoms with Crippen LogP contribution in [0.4, 0.5) is 0 Å². The smallest absolute Gasteiger partial charge is 0.246 e. The molecule has 2 unspecified atom stereocenters. The minimum Gasteiger partial charge on any atom is -0.342 e. The highest BCUT2D eigenvalue weighted by Gasteiger charge is 2.51. The Hall–Kier alpha value is -1.06. The van der Waals surface area contributed by atoms with Crippen molar-refractivity contribution in [1.29, 1.82) is 0 Å². The van der Waals surface area contributed by atoms with Gasteiger partial charge in [0, 0.05) is 6.54 Å². The van der Waals surface area contributed by atoms with Crippen molar-refractivity contribution in [3.8, 4) is 0 Å². The minimum absolute atomic E-state index is 0.0188. The molecule has 114 valence electrons. The molecule has 0 bridgehead atoms. The van der Waals surface area contributed by atoms with Crippen LogP contribution in [-0.4, -0.2) is 35.3 Å². The maximum Gasteiger partial charge on any atom is 0.246 e. The van der Waals surface area contributed by atoms with Crippen molar-refractivity contribution in [2.75, 3.05) is 6.54 Å². The number of nitrogens with zero attached hydrogens (tertiary/aromatic N) is 1. The molecule has 0 aromatic carbocycles. The van der Waals surface area contributed by atoms with E-state index < -0.39 is 0 Å². The van der Waals surface area contributed by atoms with Gasteiger partial charge in [-0.1, -0.05) is 34.6 Å². The minimum atomic E-state index is -0.353. The van der Waals surface area contributed by atoms with Gasteiger partial charge in [-0.05, 0) is 36.5 Å². The molecule has 0 spiro atoms. The first kappa shape index (κ1) is 15.3. The number of rotatable bonds is 5. The maximum atomic E-state index is 12.7. The Bertz CT molecular complexity index is 399. The quantitative estimate of drug-likeness (QED) is 0.839. The molecule has 1 heterocycles. The summed E-state index contributed by atoms with van der Waals surface area (Å²) in [6, 6.07) is -0.637. The topological polar surface area (TPSA) is 49.4 Å². The van der Waals surface area contributed by atoms with Crippen LogP contribution in [0.1, 0.15) is 53.9 Å². The predicted octanol–water partition coefficient (Wildman–Crippen LogP) is 2.18. The summed E-state index contributed by atoms with van der Waals surface area (Å²) in [6.07, 6.45) is 3.05. The second-order valence-electron chi connectivity index (χ2n) is 7.14. The third-order valence-corrected chi connectivity index (χ3v) is 5.18. The van der Waals surface area contributed by atoms with E-state index in [0.29, 0.717) is 12.3 Å². The number of carbonyl (C=O) groups is 2. The molecule has 0 aromatic heterocycles. The fourth-order valence-electron chi connectivity index (χ4n) is 3.25. The van der Waals surface area contributed by atoms with E-state index in [1.54, 1.807) is 0 Å². The van der Waals surface area contributed by atoms with E-state index in [0.717, 1.165) is 6.54 Å². The lowest BCUT2D eigenvalue weighted by molar-refractivity contribution is -0.152. The molecule has 2 aliphatic rings. The summed E-state index contributed by atoms with van der Waals surface area (Å²) >= 11 is 0. The van der Waals surface area contributed by atoms with Crippen LogP contribution in [0.15, 0.2) is 0 Å². The average molecular weight is 280 g/mol.